The molecule has 2 amide bonds. The lowest BCUT2D eigenvalue weighted by Gasteiger charge is -2.36. The number of carbonyl (C=O) groups excluding carboxylic acids is 2. The highest BCUT2D eigenvalue weighted by molar-refractivity contribution is 5.97. The van der Waals surface area contributed by atoms with Gasteiger partial charge in [0.25, 0.3) is 0 Å². The van der Waals surface area contributed by atoms with E-state index in [9.17, 15) is 14.0 Å². The zero-order chi connectivity index (χ0) is 17.3. The maximum atomic E-state index is 13.2. The van der Waals surface area contributed by atoms with Crippen molar-refractivity contribution in [1.29, 1.82) is 0 Å². The quantitative estimate of drug-likeness (QED) is 0.857. The van der Waals surface area contributed by atoms with Crippen LogP contribution in [0.4, 0.5) is 4.39 Å². The Kier molecular flexibility index (Phi) is 4.85. The van der Waals surface area contributed by atoms with Crippen molar-refractivity contribution in [2.45, 2.75) is 51.4 Å². The lowest BCUT2D eigenvalue weighted by atomic mass is 9.95. The molecule has 0 spiro atoms. The fraction of sp³-hybridized carbons (Fsp3) is 0.556. The average Bonchev–Trinajstić information content (AvgIpc) is 3.01. The highest BCUT2D eigenvalue weighted by Gasteiger charge is 2.47. The summed E-state index contributed by atoms with van der Waals surface area (Å²) in [7, 11) is 0. The van der Waals surface area contributed by atoms with E-state index in [1.54, 1.807) is 11.0 Å². The number of rotatable bonds is 5. The third kappa shape index (κ3) is 3.29. The summed E-state index contributed by atoms with van der Waals surface area (Å²) >= 11 is 0. The number of nitrogens with one attached hydrogen (secondary N) is 2. The number of nitrogens with zero attached hydrogens (tertiary/aromatic N) is 1. The zero-order valence-corrected chi connectivity index (χ0v) is 14.1. The number of carbonyl (C=O) groups is 2. The van der Waals surface area contributed by atoms with Crippen LogP contribution < -0.4 is 10.6 Å². The van der Waals surface area contributed by atoms with Gasteiger partial charge in [-0.2, -0.15) is 0 Å². The number of hydrogen-bond acceptors (Lipinski definition) is 3. The van der Waals surface area contributed by atoms with Crippen LogP contribution in [0.1, 0.15) is 32.3 Å². The van der Waals surface area contributed by atoms with Gasteiger partial charge in [-0.05, 0) is 30.0 Å². The van der Waals surface area contributed by atoms with Gasteiger partial charge in [0.1, 0.15) is 17.9 Å². The molecule has 2 N–H and O–H groups in total. The van der Waals surface area contributed by atoms with Crippen LogP contribution in [0.15, 0.2) is 24.3 Å². The van der Waals surface area contributed by atoms with E-state index in [1.807, 2.05) is 19.9 Å². The molecular formula is C18H24FN3O2. The molecule has 2 saturated heterocycles. The topological polar surface area (TPSA) is 61.4 Å². The summed E-state index contributed by atoms with van der Waals surface area (Å²) in [5, 5.41) is 6.22. The summed E-state index contributed by atoms with van der Waals surface area (Å²) in [6.07, 6.45) is 1.44. The molecule has 1 aromatic carbocycles. The van der Waals surface area contributed by atoms with Gasteiger partial charge in [-0.1, -0.05) is 32.4 Å². The van der Waals surface area contributed by atoms with E-state index in [-0.39, 0.29) is 35.6 Å². The molecule has 2 aliphatic heterocycles. The zero-order valence-electron chi connectivity index (χ0n) is 14.1. The molecule has 0 bridgehead atoms. The first-order valence-electron chi connectivity index (χ1n) is 8.58. The number of fused-ring (bicyclic) bond motifs is 1. The first-order chi connectivity index (χ1) is 11.5. The number of amides is 2. The molecule has 4 atom stereocenters. The van der Waals surface area contributed by atoms with Crippen molar-refractivity contribution in [1.82, 2.24) is 15.5 Å². The Balaban J connectivity index is 1.63. The molecule has 0 aliphatic carbocycles. The molecular weight excluding hydrogens is 309 g/mol. The van der Waals surface area contributed by atoms with Crippen molar-refractivity contribution in [3.05, 3.63) is 35.6 Å². The number of hydrogen-bond donors (Lipinski definition) is 2. The maximum Gasteiger partial charge on any atom is 0.246 e. The SMILES string of the molecule is CC[C@H](C)[C@@H]1NC(=O)[C@@H]2C[C@H](NCc3cccc(F)c3)CN2C1=O. The van der Waals surface area contributed by atoms with E-state index >= 15 is 0 Å². The minimum atomic E-state index is -0.416. The van der Waals surface area contributed by atoms with Gasteiger partial charge < -0.3 is 15.5 Å². The normalized spacial score (nSPS) is 27.8. The second kappa shape index (κ2) is 6.89. The number of halogens is 1. The fourth-order valence-corrected chi connectivity index (χ4v) is 3.50. The van der Waals surface area contributed by atoms with E-state index in [4.69, 9.17) is 0 Å². The largest absolute Gasteiger partial charge is 0.342 e. The van der Waals surface area contributed by atoms with Crippen molar-refractivity contribution in [2.75, 3.05) is 6.54 Å². The minimum Gasteiger partial charge on any atom is -0.342 e. The molecule has 24 heavy (non-hydrogen) atoms. The highest BCUT2D eigenvalue weighted by Crippen LogP contribution is 2.26. The van der Waals surface area contributed by atoms with Gasteiger partial charge in [-0.3, -0.25) is 9.59 Å². The Hall–Kier alpha value is -1.95. The van der Waals surface area contributed by atoms with Gasteiger partial charge >= 0.3 is 0 Å². The minimum absolute atomic E-state index is 0.0176. The summed E-state index contributed by atoms with van der Waals surface area (Å²) in [5.41, 5.74) is 0.855. The summed E-state index contributed by atoms with van der Waals surface area (Å²) < 4.78 is 13.2. The van der Waals surface area contributed by atoms with E-state index in [0.717, 1.165) is 12.0 Å². The van der Waals surface area contributed by atoms with Crippen LogP contribution in [-0.2, 0) is 16.1 Å². The molecule has 130 valence electrons. The van der Waals surface area contributed by atoms with E-state index in [0.29, 0.717) is 19.5 Å². The third-order valence-electron chi connectivity index (χ3n) is 5.15. The van der Waals surface area contributed by atoms with Gasteiger partial charge in [0.15, 0.2) is 0 Å². The van der Waals surface area contributed by atoms with Crippen molar-refractivity contribution in [2.24, 2.45) is 5.92 Å². The van der Waals surface area contributed by atoms with E-state index < -0.39 is 6.04 Å². The van der Waals surface area contributed by atoms with Crippen LogP contribution in [0.5, 0.6) is 0 Å². The average molecular weight is 333 g/mol. The van der Waals surface area contributed by atoms with Crippen LogP contribution in [-0.4, -0.2) is 41.4 Å². The van der Waals surface area contributed by atoms with Gasteiger partial charge in [0.05, 0.1) is 0 Å². The van der Waals surface area contributed by atoms with Crippen LogP contribution in [0, 0.1) is 11.7 Å². The molecule has 2 fully saturated rings. The molecule has 2 aliphatic rings. The molecule has 0 aromatic heterocycles. The van der Waals surface area contributed by atoms with Crippen LogP contribution in [0.3, 0.4) is 0 Å². The second-order valence-electron chi connectivity index (χ2n) is 6.82. The smallest absolute Gasteiger partial charge is 0.246 e. The van der Waals surface area contributed by atoms with Gasteiger partial charge in [0.2, 0.25) is 11.8 Å². The highest BCUT2D eigenvalue weighted by atomic mass is 19.1. The predicted octanol–water partition coefficient (Wildman–Crippen LogP) is 1.43. The third-order valence-corrected chi connectivity index (χ3v) is 5.15. The Bertz CT molecular complexity index is 636. The first kappa shape index (κ1) is 16.9. The van der Waals surface area contributed by atoms with Crippen LogP contribution in [0.2, 0.25) is 0 Å². The molecule has 2 heterocycles. The van der Waals surface area contributed by atoms with Crippen LogP contribution >= 0.6 is 0 Å². The lowest BCUT2D eigenvalue weighted by molar-refractivity contribution is -0.148. The molecule has 5 nitrogen and oxygen atoms in total. The standard InChI is InChI=1S/C18H24FN3O2/c1-3-11(2)16-18(24)22-10-14(8-15(22)17(23)21-16)20-9-12-5-4-6-13(19)7-12/h4-7,11,14-16,20H,3,8-10H2,1-2H3,(H,21,23)/t11-,14-,15-,16-/m0/s1. The summed E-state index contributed by atoms with van der Waals surface area (Å²) in [6.45, 7) is 5.05. The number of piperazine rings is 1. The molecule has 0 radical (unpaired) electrons. The van der Waals surface area contributed by atoms with Gasteiger partial charge in [0, 0.05) is 19.1 Å². The van der Waals surface area contributed by atoms with Gasteiger partial charge in [-0.25, -0.2) is 4.39 Å². The molecule has 0 unspecified atom stereocenters. The van der Waals surface area contributed by atoms with Crippen molar-refractivity contribution < 1.29 is 14.0 Å². The monoisotopic (exact) mass is 333 g/mol. The maximum absolute atomic E-state index is 13.2. The van der Waals surface area contributed by atoms with Crippen molar-refractivity contribution in [3.8, 4) is 0 Å². The van der Waals surface area contributed by atoms with Gasteiger partial charge in [-0.15, -0.1) is 0 Å². The Morgan fingerprint density at radius 1 is 1.42 bits per heavy atom. The fourth-order valence-electron chi connectivity index (χ4n) is 3.50. The molecule has 1 aromatic rings. The van der Waals surface area contributed by atoms with E-state index in [2.05, 4.69) is 10.6 Å². The van der Waals surface area contributed by atoms with E-state index in [1.165, 1.54) is 12.1 Å². The predicted molar refractivity (Wildman–Crippen MR) is 88.5 cm³/mol. The summed E-state index contributed by atoms with van der Waals surface area (Å²) in [6, 6.07) is 5.68. The Morgan fingerprint density at radius 3 is 2.92 bits per heavy atom. The Morgan fingerprint density at radius 2 is 2.21 bits per heavy atom. The molecule has 3 rings (SSSR count). The second-order valence-corrected chi connectivity index (χ2v) is 6.82. The summed E-state index contributed by atoms with van der Waals surface area (Å²) in [4.78, 5) is 26.7. The van der Waals surface area contributed by atoms with Crippen molar-refractivity contribution in [3.63, 3.8) is 0 Å². The summed E-state index contributed by atoms with van der Waals surface area (Å²) in [5.74, 6) is -0.176. The molecule has 0 saturated carbocycles. The van der Waals surface area contributed by atoms with Crippen molar-refractivity contribution >= 4 is 11.8 Å². The number of benzene rings is 1. The Labute approximate surface area is 141 Å². The first-order valence-corrected chi connectivity index (χ1v) is 8.58. The molecule has 6 heteroatoms. The lowest BCUT2D eigenvalue weighted by Crippen LogP contribution is -2.62. The van der Waals surface area contributed by atoms with Crippen LogP contribution in [0.25, 0.3) is 0 Å².